The molecule has 0 amide bonds. The number of rotatable bonds is 4. The smallest absolute Gasteiger partial charge is 0.0247 e. The van der Waals surface area contributed by atoms with Crippen LogP contribution in [-0.2, 0) is 6.54 Å². The molecule has 0 spiro atoms. The van der Waals surface area contributed by atoms with Crippen LogP contribution in [-0.4, -0.2) is 29.6 Å². The van der Waals surface area contributed by atoms with E-state index >= 15 is 0 Å². The Kier molecular flexibility index (Phi) is 4.49. The van der Waals surface area contributed by atoms with Crippen LogP contribution in [0.1, 0.15) is 43.7 Å². The first kappa shape index (κ1) is 14.6. The van der Waals surface area contributed by atoms with Crippen molar-refractivity contribution in [1.82, 2.24) is 10.2 Å². The molecule has 3 heteroatoms. The Morgan fingerprint density at radius 1 is 1.25 bits per heavy atom. The molecule has 1 N–H and O–H groups in total. The molecular formula is C17H25BrN2. The molecule has 2 nitrogen and oxygen atoms in total. The minimum absolute atomic E-state index is 0.756. The Labute approximate surface area is 131 Å². The molecule has 1 aromatic rings. The lowest BCUT2D eigenvalue weighted by Crippen LogP contribution is -2.47. The van der Waals surface area contributed by atoms with Gasteiger partial charge in [0, 0.05) is 29.1 Å². The van der Waals surface area contributed by atoms with Crippen LogP contribution < -0.4 is 5.32 Å². The molecule has 0 aromatic heterocycles. The Morgan fingerprint density at radius 2 is 1.95 bits per heavy atom. The predicted molar refractivity (Wildman–Crippen MR) is 87.9 cm³/mol. The fourth-order valence-electron chi connectivity index (χ4n) is 3.82. The normalized spacial score (nSPS) is 29.1. The van der Waals surface area contributed by atoms with Crippen LogP contribution in [0.15, 0.2) is 22.7 Å². The zero-order valence-corrected chi connectivity index (χ0v) is 14.1. The van der Waals surface area contributed by atoms with Crippen molar-refractivity contribution in [2.45, 2.75) is 64.2 Å². The van der Waals surface area contributed by atoms with E-state index in [1.165, 1.54) is 41.3 Å². The molecule has 2 heterocycles. The van der Waals surface area contributed by atoms with Gasteiger partial charge in [0.15, 0.2) is 0 Å². The quantitative estimate of drug-likeness (QED) is 0.897. The second-order valence-corrected chi connectivity index (χ2v) is 7.28. The third kappa shape index (κ3) is 3.10. The maximum atomic E-state index is 3.75. The molecule has 2 unspecified atom stereocenters. The molecule has 2 saturated heterocycles. The minimum Gasteiger partial charge on any atom is -0.311 e. The lowest BCUT2D eigenvalue weighted by molar-refractivity contribution is 0.140. The summed E-state index contributed by atoms with van der Waals surface area (Å²) >= 11 is 3.73. The monoisotopic (exact) mass is 336 g/mol. The summed E-state index contributed by atoms with van der Waals surface area (Å²) in [6, 6.07) is 9.03. The predicted octanol–water partition coefficient (Wildman–Crippen LogP) is 3.86. The third-order valence-corrected chi connectivity index (χ3v) is 5.69. The van der Waals surface area contributed by atoms with Gasteiger partial charge in [0.25, 0.3) is 0 Å². The molecule has 2 atom stereocenters. The topological polar surface area (TPSA) is 15.3 Å². The van der Waals surface area contributed by atoms with E-state index in [0.29, 0.717) is 0 Å². The van der Waals surface area contributed by atoms with Gasteiger partial charge in [-0.25, -0.2) is 0 Å². The fourth-order valence-corrected chi connectivity index (χ4v) is 4.44. The second kappa shape index (κ2) is 6.17. The van der Waals surface area contributed by atoms with Gasteiger partial charge in [-0.1, -0.05) is 35.0 Å². The molecule has 3 rings (SSSR count). The van der Waals surface area contributed by atoms with Gasteiger partial charge in [-0.15, -0.1) is 0 Å². The molecule has 2 bridgehead atoms. The summed E-state index contributed by atoms with van der Waals surface area (Å²) in [5.74, 6) is 0. The molecule has 2 aliphatic rings. The van der Waals surface area contributed by atoms with Crippen LogP contribution in [0, 0.1) is 6.92 Å². The first-order chi connectivity index (χ1) is 9.65. The Morgan fingerprint density at radius 3 is 2.55 bits per heavy atom. The van der Waals surface area contributed by atoms with E-state index in [0.717, 1.165) is 31.2 Å². The van der Waals surface area contributed by atoms with E-state index in [9.17, 15) is 0 Å². The van der Waals surface area contributed by atoms with E-state index in [-0.39, 0.29) is 0 Å². The number of benzene rings is 1. The standard InChI is InChI=1S/C17H25BrN2/c1-3-20(11-13-5-4-12(2)8-17(13)18)16-9-14-6-7-15(10-16)19-14/h4-5,8,14-16,19H,3,6-7,9-11H2,1-2H3. The SMILES string of the molecule is CCN(Cc1ccc(C)cc1Br)C1CC2CCC(C1)N2. The Balaban J connectivity index is 1.70. The highest BCUT2D eigenvalue weighted by Crippen LogP contribution is 2.31. The summed E-state index contributed by atoms with van der Waals surface area (Å²) in [6.07, 6.45) is 5.42. The summed E-state index contributed by atoms with van der Waals surface area (Å²) in [4.78, 5) is 2.67. The summed E-state index contributed by atoms with van der Waals surface area (Å²) in [6.45, 7) is 6.66. The van der Waals surface area contributed by atoms with Crippen molar-refractivity contribution in [3.63, 3.8) is 0 Å². The van der Waals surface area contributed by atoms with E-state index in [2.05, 4.69) is 58.2 Å². The highest BCUT2D eigenvalue weighted by molar-refractivity contribution is 9.10. The summed E-state index contributed by atoms with van der Waals surface area (Å²) < 4.78 is 1.26. The summed E-state index contributed by atoms with van der Waals surface area (Å²) in [5, 5.41) is 3.75. The number of hydrogen-bond acceptors (Lipinski definition) is 2. The van der Waals surface area contributed by atoms with E-state index in [1.54, 1.807) is 0 Å². The lowest BCUT2D eigenvalue weighted by atomic mass is 9.97. The minimum atomic E-state index is 0.756. The second-order valence-electron chi connectivity index (χ2n) is 6.42. The van der Waals surface area contributed by atoms with Gasteiger partial charge < -0.3 is 5.32 Å². The van der Waals surface area contributed by atoms with Gasteiger partial charge in [0.05, 0.1) is 0 Å². The van der Waals surface area contributed by atoms with Gasteiger partial charge in [-0.2, -0.15) is 0 Å². The maximum absolute atomic E-state index is 3.75. The van der Waals surface area contributed by atoms with E-state index in [4.69, 9.17) is 0 Å². The maximum Gasteiger partial charge on any atom is 0.0247 e. The molecular weight excluding hydrogens is 312 g/mol. The van der Waals surface area contributed by atoms with Crippen LogP contribution in [0.5, 0.6) is 0 Å². The van der Waals surface area contributed by atoms with Crippen molar-refractivity contribution < 1.29 is 0 Å². The number of fused-ring (bicyclic) bond motifs is 2. The average Bonchev–Trinajstić information content (AvgIpc) is 2.77. The molecule has 0 saturated carbocycles. The van der Waals surface area contributed by atoms with Crippen LogP contribution in [0.4, 0.5) is 0 Å². The van der Waals surface area contributed by atoms with Gasteiger partial charge in [0.2, 0.25) is 0 Å². The summed E-state index contributed by atoms with van der Waals surface area (Å²) in [7, 11) is 0. The van der Waals surface area contributed by atoms with Crippen LogP contribution >= 0.6 is 15.9 Å². The van der Waals surface area contributed by atoms with E-state index < -0.39 is 0 Å². The molecule has 20 heavy (non-hydrogen) atoms. The molecule has 2 fully saturated rings. The molecule has 1 aromatic carbocycles. The molecule has 0 radical (unpaired) electrons. The Hall–Kier alpha value is -0.380. The fraction of sp³-hybridized carbons (Fsp3) is 0.647. The highest BCUT2D eigenvalue weighted by Gasteiger charge is 2.35. The number of nitrogens with one attached hydrogen (secondary N) is 1. The highest BCUT2D eigenvalue weighted by atomic mass is 79.9. The first-order valence-corrected chi connectivity index (χ1v) is 8.70. The zero-order chi connectivity index (χ0) is 14.1. The Bertz CT molecular complexity index is 462. The molecule has 2 aliphatic heterocycles. The van der Waals surface area contributed by atoms with Crippen LogP contribution in [0.2, 0.25) is 0 Å². The van der Waals surface area contributed by atoms with Gasteiger partial charge in [0.1, 0.15) is 0 Å². The van der Waals surface area contributed by atoms with Crippen LogP contribution in [0.3, 0.4) is 0 Å². The van der Waals surface area contributed by atoms with Crippen molar-refractivity contribution in [2.24, 2.45) is 0 Å². The first-order valence-electron chi connectivity index (χ1n) is 7.91. The number of aryl methyl sites for hydroxylation is 1. The van der Waals surface area contributed by atoms with Gasteiger partial charge in [-0.05, 0) is 56.3 Å². The lowest BCUT2D eigenvalue weighted by Gasteiger charge is -2.37. The van der Waals surface area contributed by atoms with Crippen LogP contribution in [0.25, 0.3) is 0 Å². The summed E-state index contributed by atoms with van der Waals surface area (Å²) in [5.41, 5.74) is 2.74. The van der Waals surface area contributed by atoms with Crippen molar-refractivity contribution in [3.05, 3.63) is 33.8 Å². The van der Waals surface area contributed by atoms with Gasteiger partial charge >= 0.3 is 0 Å². The third-order valence-electron chi connectivity index (χ3n) is 4.95. The van der Waals surface area contributed by atoms with E-state index in [1.807, 2.05) is 0 Å². The van der Waals surface area contributed by atoms with Crippen molar-refractivity contribution in [2.75, 3.05) is 6.54 Å². The number of hydrogen-bond donors (Lipinski definition) is 1. The van der Waals surface area contributed by atoms with Crippen molar-refractivity contribution in [3.8, 4) is 0 Å². The van der Waals surface area contributed by atoms with Crippen molar-refractivity contribution >= 4 is 15.9 Å². The zero-order valence-electron chi connectivity index (χ0n) is 12.5. The number of halogens is 1. The molecule has 0 aliphatic carbocycles. The number of piperidine rings is 1. The molecule has 110 valence electrons. The average molecular weight is 337 g/mol. The van der Waals surface area contributed by atoms with Gasteiger partial charge in [-0.3, -0.25) is 4.90 Å². The van der Waals surface area contributed by atoms with Crippen molar-refractivity contribution in [1.29, 1.82) is 0 Å². The largest absolute Gasteiger partial charge is 0.311 e. The number of nitrogens with zero attached hydrogens (tertiary/aromatic N) is 1.